The lowest BCUT2D eigenvalue weighted by Gasteiger charge is -2.41. The van der Waals surface area contributed by atoms with Gasteiger partial charge in [-0.15, -0.1) is 11.3 Å². The molecule has 1 aliphatic rings. The van der Waals surface area contributed by atoms with Crippen molar-refractivity contribution in [3.05, 3.63) is 59.6 Å². The van der Waals surface area contributed by atoms with Crippen molar-refractivity contribution in [2.75, 3.05) is 25.4 Å². The summed E-state index contributed by atoms with van der Waals surface area (Å²) in [4.78, 5) is 11.2. The molecule has 1 fully saturated rings. The molecule has 4 rings (SSSR count). The highest BCUT2D eigenvalue weighted by molar-refractivity contribution is 7.13. The van der Waals surface area contributed by atoms with Crippen molar-refractivity contribution in [1.82, 2.24) is 24.6 Å². The molecule has 3 aromatic rings. The smallest absolute Gasteiger partial charge is 0.180 e. The summed E-state index contributed by atoms with van der Waals surface area (Å²) in [6, 6.07) is 10.7. The Morgan fingerprint density at radius 2 is 1.92 bits per heavy atom. The maximum Gasteiger partial charge on any atom is 0.180 e. The van der Waals surface area contributed by atoms with Gasteiger partial charge in [0.05, 0.1) is 12.2 Å². The fourth-order valence-electron chi connectivity index (χ4n) is 3.71. The molecule has 6 nitrogen and oxygen atoms in total. The Morgan fingerprint density at radius 1 is 1.12 bits per heavy atom. The van der Waals surface area contributed by atoms with E-state index < -0.39 is 0 Å². The maximum atomic E-state index is 5.93. The molecular formula is C18H22N6S. The number of aromatic nitrogens is 4. The van der Waals surface area contributed by atoms with Crippen LogP contribution in [0, 0.1) is 0 Å². The van der Waals surface area contributed by atoms with Gasteiger partial charge in [0.15, 0.2) is 5.13 Å². The number of anilines is 1. The molecule has 2 N–H and O–H groups in total. The van der Waals surface area contributed by atoms with E-state index in [2.05, 4.69) is 55.7 Å². The summed E-state index contributed by atoms with van der Waals surface area (Å²) in [5.74, 6) is 0. The SMILES string of the molecule is Nc1nc(C2(c3ccccc3)CCN(CCn3cncn3)CC2)cs1. The van der Waals surface area contributed by atoms with Crippen molar-refractivity contribution >= 4 is 16.5 Å². The number of hydrogen-bond donors (Lipinski definition) is 1. The van der Waals surface area contributed by atoms with Crippen LogP contribution in [0.15, 0.2) is 48.4 Å². The zero-order chi connectivity index (χ0) is 17.1. The number of nitrogens with zero attached hydrogens (tertiary/aromatic N) is 5. The minimum absolute atomic E-state index is 0.0286. The van der Waals surface area contributed by atoms with E-state index in [0.717, 1.165) is 44.7 Å². The van der Waals surface area contributed by atoms with E-state index in [1.807, 2.05) is 4.68 Å². The van der Waals surface area contributed by atoms with Gasteiger partial charge in [-0.05, 0) is 31.5 Å². The molecule has 0 saturated carbocycles. The lowest BCUT2D eigenvalue weighted by atomic mass is 9.70. The number of hydrogen-bond acceptors (Lipinski definition) is 6. The van der Waals surface area contributed by atoms with Crippen LogP contribution in [-0.4, -0.2) is 44.3 Å². The number of nitrogens with two attached hydrogens (primary N) is 1. The van der Waals surface area contributed by atoms with E-state index in [9.17, 15) is 0 Å². The largest absolute Gasteiger partial charge is 0.375 e. The third-order valence-electron chi connectivity index (χ3n) is 5.16. The molecular weight excluding hydrogens is 332 g/mol. The van der Waals surface area contributed by atoms with Crippen LogP contribution in [0.3, 0.4) is 0 Å². The highest BCUT2D eigenvalue weighted by atomic mass is 32.1. The second-order valence-corrected chi connectivity index (χ2v) is 7.41. The van der Waals surface area contributed by atoms with E-state index in [1.54, 1.807) is 12.7 Å². The molecule has 1 aliphatic heterocycles. The van der Waals surface area contributed by atoms with Crippen LogP contribution in [0.1, 0.15) is 24.1 Å². The van der Waals surface area contributed by atoms with E-state index in [1.165, 1.54) is 16.9 Å². The molecule has 0 unspecified atom stereocenters. The molecule has 2 aromatic heterocycles. The Bertz CT molecular complexity index is 790. The summed E-state index contributed by atoms with van der Waals surface area (Å²) in [7, 11) is 0. The monoisotopic (exact) mass is 354 g/mol. The zero-order valence-corrected chi connectivity index (χ0v) is 14.9. The second-order valence-electron chi connectivity index (χ2n) is 6.52. The minimum Gasteiger partial charge on any atom is -0.375 e. The van der Waals surface area contributed by atoms with Crippen LogP contribution in [-0.2, 0) is 12.0 Å². The molecule has 130 valence electrons. The lowest BCUT2D eigenvalue weighted by Crippen LogP contribution is -2.44. The Hall–Kier alpha value is -2.25. The number of benzene rings is 1. The number of piperidine rings is 1. The van der Waals surface area contributed by atoms with Gasteiger partial charge >= 0.3 is 0 Å². The summed E-state index contributed by atoms with van der Waals surface area (Å²) < 4.78 is 1.89. The van der Waals surface area contributed by atoms with Crippen molar-refractivity contribution in [2.24, 2.45) is 0 Å². The van der Waals surface area contributed by atoms with Crippen molar-refractivity contribution < 1.29 is 0 Å². The van der Waals surface area contributed by atoms with Gasteiger partial charge in [0, 0.05) is 17.3 Å². The minimum atomic E-state index is -0.0286. The summed E-state index contributed by atoms with van der Waals surface area (Å²) in [6.07, 6.45) is 5.47. The zero-order valence-electron chi connectivity index (χ0n) is 14.1. The molecule has 0 atom stereocenters. The molecule has 25 heavy (non-hydrogen) atoms. The predicted molar refractivity (Wildman–Crippen MR) is 99.4 cm³/mol. The average Bonchev–Trinajstić information content (AvgIpc) is 3.33. The molecule has 0 amide bonds. The van der Waals surface area contributed by atoms with E-state index >= 15 is 0 Å². The first-order chi connectivity index (χ1) is 12.3. The first-order valence-electron chi connectivity index (χ1n) is 8.58. The molecule has 0 aliphatic carbocycles. The second kappa shape index (κ2) is 6.93. The van der Waals surface area contributed by atoms with Crippen LogP contribution in [0.5, 0.6) is 0 Å². The average molecular weight is 354 g/mol. The van der Waals surface area contributed by atoms with E-state index in [0.29, 0.717) is 5.13 Å². The van der Waals surface area contributed by atoms with Crippen LogP contribution < -0.4 is 5.73 Å². The third-order valence-corrected chi connectivity index (χ3v) is 5.83. The Balaban J connectivity index is 1.51. The van der Waals surface area contributed by atoms with Gasteiger partial charge in [0.2, 0.25) is 0 Å². The van der Waals surface area contributed by atoms with Crippen molar-refractivity contribution in [3.63, 3.8) is 0 Å². The number of thiazole rings is 1. The molecule has 0 radical (unpaired) electrons. The topological polar surface area (TPSA) is 72.9 Å². The molecule has 1 aromatic carbocycles. The summed E-state index contributed by atoms with van der Waals surface area (Å²) >= 11 is 1.54. The summed E-state index contributed by atoms with van der Waals surface area (Å²) in [5.41, 5.74) is 8.37. The molecule has 0 spiro atoms. The first kappa shape index (κ1) is 16.2. The van der Waals surface area contributed by atoms with Gasteiger partial charge in [-0.25, -0.2) is 9.97 Å². The van der Waals surface area contributed by atoms with Gasteiger partial charge in [-0.3, -0.25) is 4.68 Å². The van der Waals surface area contributed by atoms with Crippen molar-refractivity contribution in [1.29, 1.82) is 0 Å². The van der Waals surface area contributed by atoms with Gasteiger partial charge in [0.1, 0.15) is 12.7 Å². The number of likely N-dealkylation sites (tertiary alicyclic amines) is 1. The van der Waals surface area contributed by atoms with Gasteiger partial charge in [0.25, 0.3) is 0 Å². The quantitative estimate of drug-likeness (QED) is 0.762. The number of nitrogen functional groups attached to an aromatic ring is 1. The highest BCUT2D eigenvalue weighted by Gasteiger charge is 2.39. The summed E-state index contributed by atoms with van der Waals surface area (Å²) in [6.45, 7) is 3.96. The third kappa shape index (κ3) is 3.29. The molecule has 3 heterocycles. The number of rotatable bonds is 5. The Labute approximate surface area is 151 Å². The fourth-order valence-corrected chi connectivity index (χ4v) is 4.37. The highest BCUT2D eigenvalue weighted by Crippen LogP contribution is 2.42. The van der Waals surface area contributed by atoms with Gasteiger partial charge in [-0.2, -0.15) is 5.10 Å². The van der Waals surface area contributed by atoms with Gasteiger partial charge < -0.3 is 10.6 Å². The molecule has 0 bridgehead atoms. The van der Waals surface area contributed by atoms with Crippen molar-refractivity contribution in [3.8, 4) is 0 Å². The summed E-state index contributed by atoms with van der Waals surface area (Å²) in [5, 5.41) is 6.97. The molecule has 1 saturated heterocycles. The van der Waals surface area contributed by atoms with Crippen LogP contribution in [0.25, 0.3) is 0 Å². The van der Waals surface area contributed by atoms with E-state index in [-0.39, 0.29) is 5.41 Å². The molecule has 7 heteroatoms. The Morgan fingerprint density at radius 3 is 2.56 bits per heavy atom. The van der Waals surface area contributed by atoms with Crippen molar-refractivity contribution in [2.45, 2.75) is 24.8 Å². The normalized spacial score (nSPS) is 17.6. The van der Waals surface area contributed by atoms with E-state index in [4.69, 9.17) is 5.73 Å². The predicted octanol–water partition coefficient (Wildman–Crippen LogP) is 2.40. The lowest BCUT2D eigenvalue weighted by molar-refractivity contribution is 0.170. The first-order valence-corrected chi connectivity index (χ1v) is 9.46. The maximum absolute atomic E-state index is 5.93. The van der Waals surface area contributed by atoms with Crippen LogP contribution in [0.2, 0.25) is 0 Å². The fraction of sp³-hybridized carbons (Fsp3) is 0.389. The van der Waals surface area contributed by atoms with Gasteiger partial charge in [-0.1, -0.05) is 30.3 Å². The standard InChI is InChI=1S/C18H22N6S/c19-17-22-16(12-25-17)18(15-4-2-1-3-5-15)6-8-23(9-7-18)10-11-24-14-20-13-21-24/h1-5,12-14H,6-11H2,(H2,19,22). The van der Waals surface area contributed by atoms with Crippen LogP contribution >= 0.6 is 11.3 Å². The van der Waals surface area contributed by atoms with Crippen LogP contribution in [0.4, 0.5) is 5.13 Å². The Kier molecular flexibility index (Phi) is 4.50.